The third kappa shape index (κ3) is 6.90. The van der Waals surface area contributed by atoms with Gasteiger partial charge in [0.25, 0.3) is 11.8 Å². The monoisotopic (exact) mass is 385 g/mol. The number of carbonyl (C=O) groups excluding carboxylic acids is 2. The van der Waals surface area contributed by atoms with Crippen molar-refractivity contribution in [2.24, 2.45) is 5.92 Å². The van der Waals surface area contributed by atoms with E-state index in [1.54, 1.807) is 49.6 Å². The molecule has 0 radical (unpaired) electrons. The Morgan fingerprint density at radius 2 is 1.50 bits per heavy atom. The van der Waals surface area contributed by atoms with Gasteiger partial charge in [-0.2, -0.15) is 0 Å². The van der Waals surface area contributed by atoms with Crippen molar-refractivity contribution < 1.29 is 19.1 Å². The molecule has 0 atom stereocenters. The second-order valence-corrected chi connectivity index (χ2v) is 6.63. The molecule has 150 valence electrons. The third-order valence-corrected chi connectivity index (χ3v) is 3.94. The van der Waals surface area contributed by atoms with E-state index in [9.17, 15) is 9.59 Å². The maximum absolute atomic E-state index is 12.2. The van der Waals surface area contributed by atoms with Crippen molar-refractivity contribution in [2.45, 2.75) is 20.3 Å². The van der Waals surface area contributed by atoms with Crippen molar-refractivity contribution in [2.75, 3.05) is 26.8 Å². The van der Waals surface area contributed by atoms with E-state index < -0.39 is 0 Å². The van der Waals surface area contributed by atoms with Crippen LogP contribution in [0.15, 0.2) is 42.5 Å². The number of benzene rings is 1. The molecule has 2 N–H and O–H groups in total. The number of nitrogens with zero attached hydrogens (tertiary/aromatic N) is 1. The Kier molecular flexibility index (Phi) is 8.27. The molecule has 0 unspecified atom stereocenters. The maximum Gasteiger partial charge on any atom is 0.270 e. The fraction of sp³-hybridized carbons (Fsp3) is 0.381. The number of pyridine rings is 1. The van der Waals surface area contributed by atoms with Gasteiger partial charge in [0.2, 0.25) is 0 Å². The van der Waals surface area contributed by atoms with Gasteiger partial charge in [-0.3, -0.25) is 9.59 Å². The SMILES string of the molecule is COc1ccc(OCCNC(=O)c2cccc(C(=O)NCCC(C)C)n2)cc1. The minimum absolute atomic E-state index is 0.195. The lowest BCUT2D eigenvalue weighted by Crippen LogP contribution is -2.30. The Labute approximate surface area is 165 Å². The minimum atomic E-state index is -0.352. The van der Waals surface area contributed by atoms with Gasteiger partial charge < -0.3 is 20.1 Å². The predicted molar refractivity (Wildman–Crippen MR) is 107 cm³/mol. The molecule has 0 spiro atoms. The summed E-state index contributed by atoms with van der Waals surface area (Å²) < 4.78 is 10.6. The summed E-state index contributed by atoms with van der Waals surface area (Å²) in [7, 11) is 1.60. The van der Waals surface area contributed by atoms with E-state index in [0.717, 1.165) is 12.2 Å². The molecule has 0 bridgehead atoms. The molecule has 2 aromatic rings. The Morgan fingerprint density at radius 3 is 2.07 bits per heavy atom. The van der Waals surface area contributed by atoms with Crippen LogP contribution in [0.4, 0.5) is 0 Å². The smallest absolute Gasteiger partial charge is 0.270 e. The van der Waals surface area contributed by atoms with Crippen LogP contribution in [0.2, 0.25) is 0 Å². The molecule has 0 aliphatic heterocycles. The van der Waals surface area contributed by atoms with Gasteiger partial charge in [-0.15, -0.1) is 0 Å². The molecule has 0 aliphatic rings. The first kappa shape index (κ1) is 21.2. The van der Waals surface area contributed by atoms with E-state index in [2.05, 4.69) is 29.5 Å². The van der Waals surface area contributed by atoms with Crippen LogP contribution < -0.4 is 20.1 Å². The van der Waals surface area contributed by atoms with Crippen LogP contribution >= 0.6 is 0 Å². The molecule has 1 heterocycles. The maximum atomic E-state index is 12.2. The van der Waals surface area contributed by atoms with E-state index >= 15 is 0 Å². The molecule has 1 aromatic heterocycles. The molecule has 2 amide bonds. The normalized spacial score (nSPS) is 10.4. The number of amides is 2. The molecule has 28 heavy (non-hydrogen) atoms. The number of methoxy groups -OCH3 is 1. The fourth-order valence-electron chi connectivity index (χ4n) is 2.35. The number of hydrogen-bond acceptors (Lipinski definition) is 5. The van der Waals surface area contributed by atoms with E-state index in [4.69, 9.17) is 9.47 Å². The van der Waals surface area contributed by atoms with Crippen LogP contribution in [0.1, 0.15) is 41.2 Å². The highest BCUT2D eigenvalue weighted by Gasteiger charge is 2.12. The van der Waals surface area contributed by atoms with E-state index in [-0.39, 0.29) is 23.2 Å². The summed E-state index contributed by atoms with van der Waals surface area (Å²) in [5, 5.41) is 5.55. The van der Waals surface area contributed by atoms with Gasteiger partial charge >= 0.3 is 0 Å². The standard InChI is InChI=1S/C21H27N3O4/c1-15(2)11-12-22-20(25)18-5-4-6-19(24-18)21(26)23-13-14-28-17-9-7-16(27-3)8-10-17/h4-10,15H,11-14H2,1-3H3,(H,22,25)(H,23,26). The zero-order chi connectivity index (χ0) is 20.4. The highest BCUT2D eigenvalue weighted by atomic mass is 16.5. The fourth-order valence-corrected chi connectivity index (χ4v) is 2.35. The molecule has 1 aromatic carbocycles. The topological polar surface area (TPSA) is 89.5 Å². The number of nitrogens with one attached hydrogen (secondary N) is 2. The van der Waals surface area contributed by atoms with Crippen LogP contribution in [0.3, 0.4) is 0 Å². The van der Waals surface area contributed by atoms with Crippen molar-refractivity contribution in [3.63, 3.8) is 0 Å². The molecule has 7 heteroatoms. The van der Waals surface area contributed by atoms with Crippen molar-refractivity contribution >= 4 is 11.8 Å². The second-order valence-electron chi connectivity index (χ2n) is 6.63. The molecule has 0 fully saturated rings. The van der Waals surface area contributed by atoms with Gasteiger partial charge in [-0.05, 0) is 48.7 Å². The molecular formula is C21H27N3O4. The number of aromatic nitrogens is 1. The average Bonchev–Trinajstić information content (AvgIpc) is 2.71. The van der Waals surface area contributed by atoms with Crippen LogP contribution in [0, 0.1) is 5.92 Å². The molecule has 0 saturated carbocycles. The number of rotatable bonds is 10. The van der Waals surface area contributed by atoms with Crippen LogP contribution in [0.25, 0.3) is 0 Å². The Balaban J connectivity index is 1.79. The second kappa shape index (κ2) is 10.9. The number of ether oxygens (including phenoxy) is 2. The molecule has 0 aliphatic carbocycles. The Morgan fingerprint density at radius 1 is 0.929 bits per heavy atom. The Hall–Kier alpha value is -3.09. The summed E-state index contributed by atoms with van der Waals surface area (Å²) in [5.41, 5.74) is 0.423. The van der Waals surface area contributed by atoms with Crippen LogP contribution in [0.5, 0.6) is 11.5 Å². The first-order valence-electron chi connectivity index (χ1n) is 9.30. The first-order chi connectivity index (χ1) is 13.5. The molecule has 7 nitrogen and oxygen atoms in total. The summed E-state index contributed by atoms with van der Waals surface area (Å²) in [6.07, 6.45) is 0.889. The summed E-state index contributed by atoms with van der Waals surface area (Å²) in [6.45, 7) is 5.39. The van der Waals surface area contributed by atoms with E-state index in [0.29, 0.717) is 31.4 Å². The lowest BCUT2D eigenvalue weighted by Gasteiger charge is -2.09. The number of hydrogen-bond donors (Lipinski definition) is 2. The van der Waals surface area contributed by atoms with Gasteiger partial charge in [0, 0.05) is 6.54 Å². The van der Waals surface area contributed by atoms with Crippen LogP contribution in [-0.2, 0) is 0 Å². The van der Waals surface area contributed by atoms with Crippen molar-refractivity contribution in [3.8, 4) is 11.5 Å². The summed E-state index contributed by atoms with van der Waals surface area (Å²) >= 11 is 0. The van der Waals surface area contributed by atoms with E-state index in [1.807, 2.05) is 0 Å². The average molecular weight is 385 g/mol. The van der Waals surface area contributed by atoms with Gasteiger partial charge in [-0.25, -0.2) is 4.98 Å². The van der Waals surface area contributed by atoms with Gasteiger partial charge in [0.15, 0.2) is 0 Å². The van der Waals surface area contributed by atoms with Crippen molar-refractivity contribution in [3.05, 3.63) is 53.9 Å². The number of carbonyl (C=O) groups is 2. The van der Waals surface area contributed by atoms with Crippen molar-refractivity contribution in [1.29, 1.82) is 0 Å². The zero-order valence-electron chi connectivity index (χ0n) is 16.5. The van der Waals surface area contributed by atoms with Gasteiger partial charge in [0.05, 0.1) is 13.7 Å². The van der Waals surface area contributed by atoms with E-state index in [1.165, 1.54) is 0 Å². The predicted octanol–water partition coefficient (Wildman–Crippen LogP) is 2.67. The van der Waals surface area contributed by atoms with Crippen molar-refractivity contribution in [1.82, 2.24) is 15.6 Å². The highest BCUT2D eigenvalue weighted by Crippen LogP contribution is 2.16. The Bertz CT molecular complexity index is 775. The largest absolute Gasteiger partial charge is 0.497 e. The first-order valence-corrected chi connectivity index (χ1v) is 9.30. The molecule has 0 saturated heterocycles. The molecular weight excluding hydrogens is 358 g/mol. The summed E-state index contributed by atoms with van der Waals surface area (Å²) in [5.74, 6) is 1.31. The minimum Gasteiger partial charge on any atom is -0.497 e. The zero-order valence-corrected chi connectivity index (χ0v) is 16.5. The van der Waals surface area contributed by atoms with Gasteiger partial charge in [-0.1, -0.05) is 19.9 Å². The lowest BCUT2D eigenvalue weighted by atomic mass is 10.1. The lowest BCUT2D eigenvalue weighted by molar-refractivity contribution is 0.0939. The quantitative estimate of drug-likeness (QED) is 0.614. The summed E-state index contributed by atoms with van der Waals surface area (Å²) in [4.78, 5) is 28.5. The third-order valence-electron chi connectivity index (χ3n) is 3.94. The molecule has 2 rings (SSSR count). The van der Waals surface area contributed by atoms with Crippen LogP contribution in [-0.4, -0.2) is 43.6 Å². The highest BCUT2D eigenvalue weighted by molar-refractivity contribution is 5.96. The summed E-state index contributed by atoms with van der Waals surface area (Å²) in [6, 6.07) is 12.0. The van der Waals surface area contributed by atoms with Gasteiger partial charge in [0.1, 0.15) is 29.5 Å².